The number of alkyl carbamates (subject to hydrolysis) is 1. The Morgan fingerprint density at radius 2 is 2.00 bits per heavy atom. The van der Waals surface area contributed by atoms with Crippen LogP contribution < -0.4 is 5.32 Å². The highest BCUT2D eigenvalue weighted by molar-refractivity contribution is 5.70. The third-order valence-electron chi connectivity index (χ3n) is 2.86. The van der Waals surface area contributed by atoms with E-state index in [9.17, 15) is 22.4 Å². The van der Waals surface area contributed by atoms with Gasteiger partial charge in [0.05, 0.1) is 11.6 Å². The molecule has 0 aromatic heterocycles. The zero-order valence-electron chi connectivity index (χ0n) is 9.92. The quantitative estimate of drug-likeness (QED) is 0.842. The van der Waals surface area contributed by atoms with Crippen molar-refractivity contribution in [2.24, 2.45) is 0 Å². The maximum atomic E-state index is 12.7. The maximum Gasteiger partial charge on any atom is 0.416 e. The lowest BCUT2D eigenvalue weighted by molar-refractivity contribution is -0.137. The summed E-state index contributed by atoms with van der Waals surface area (Å²) >= 11 is 0. The van der Waals surface area contributed by atoms with E-state index < -0.39 is 36.7 Å². The van der Waals surface area contributed by atoms with Gasteiger partial charge in [-0.25, -0.2) is 9.18 Å². The molecule has 1 aromatic rings. The molecule has 0 spiro atoms. The molecule has 3 nitrogen and oxygen atoms in total. The fraction of sp³-hybridized carbons (Fsp3) is 0.417. The molecule has 1 N–H and O–H groups in total. The monoisotopic (exact) mass is 277 g/mol. The van der Waals surface area contributed by atoms with Crippen molar-refractivity contribution in [3.63, 3.8) is 0 Å². The molecule has 2 unspecified atom stereocenters. The highest BCUT2D eigenvalue weighted by atomic mass is 19.4. The number of carbonyl (C=O) groups is 1. The summed E-state index contributed by atoms with van der Waals surface area (Å²) in [5.41, 5.74) is -0.916. The Kier molecular flexibility index (Phi) is 3.38. The lowest BCUT2D eigenvalue weighted by Gasteiger charge is -2.16. The first-order chi connectivity index (χ1) is 8.81. The van der Waals surface area contributed by atoms with Gasteiger partial charge in [-0.1, -0.05) is 0 Å². The van der Waals surface area contributed by atoms with Crippen LogP contribution in [-0.2, 0) is 17.6 Å². The minimum atomic E-state index is -4.57. The van der Waals surface area contributed by atoms with Gasteiger partial charge >= 0.3 is 12.3 Å². The summed E-state index contributed by atoms with van der Waals surface area (Å²) in [5, 5.41) is 2.42. The maximum absolute atomic E-state index is 12.7. The summed E-state index contributed by atoms with van der Waals surface area (Å²) in [5.74, 6) is 0. The molecule has 0 radical (unpaired) electrons. The molecule has 1 saturated heterocycles. The van der Waals surface area contributed by atoms with Crippen molar-refractivity contribution >= 4 is 6.09 Å². The normalized spacial score (nSPS) is 23.1. The molecule has 1 fully saturated rings. The number of alkyl halides is 4. The fourth-order valence-electron chi connectivity index (χ4n) is 1.99. The number of hydrogen-bond acceptors (Lipinski definition) is 2. The van der Waals surface area contributed by atoms with E-state index >= 15 is 0 Å². The number of nitrogens with one attached hydrogen (secondary N) is 1. The smallest absolute Gasteiger partial charge is 0.416 e. The van der Waals surface area contributed by atoms with Gasteiger partial charge in [-0.15, -0.1) is 0 Å². The van der Waals surface area contributed by atoms with Crippen LogP contribution in [0.4, 0.5) is 22.4 Å². The van der Waals surface area contributed by atoms with Crippen LogP contribution in [0.15, 0.2) is 18.2 Å². The lowest BCUT2D eigenvalue weighted by Crippen LogP contribution is -2.24. The number of cyclic esters (lactones) is 1. The Morgan fingerprint density at radius 1 is 1.32 bits per heavy atom. The van der Waals surface area contributed by atoms with Crippen molar-refractivity contribution in [3.8, 4) is 0 Å². The van der Waals surface area contributed by atoms with E-state index in [2.05, 4.69) is 5.32 Å². The molecule has 1 aliphatic heterocycles. The van der Waals surface area contributed by atoms with Crippen LogP contribution in [0, 0.1) is 0 Å². The average Bonchev–Trinajstić information content (AvgIpc) is 2.66. The van der Waals surface area contributed by atoms with Gasteiger partial charge in [0, 0.05) is 0 Å². The molecule has 1 aromatic carbocycles. The first-order valence-electron chi connectivity index (χ1n) is 5.55. The zero-order valence-corrected chi connectivity index (χ0v) is 9.92. The molecule has 1 amide bonds. The molecule has 7 heteroatoms. The van der Waals surface area contributed by atoms with Crippen molar-refractivity contribution in [3.05, 3.63) is 34.9 Å². The van der Waals surface area contributed by atoms with Crippen LogP contribution in [0.3, 0.4) is 0 Å². The third kappa shape index (κ3) is 2.80. The summed E-state index contributed by atoms with van der Waals surface area (Å²) in [6.07, 6.45) is -6.11. The number of rotatable bonds is 2. The van der Waals surface area contributed by atoms with E-state index in [-0.39, 0.29) is 11.1 Å². The average molecular weight is 277 g/mol. The zero-order chi connectivity index (χ0) is 14.2. The molecule has 19 heavy (non-hydrogen) atoms. The van der Waals surface area contributed by atoms with Gasteiger partial charge in [-0.2, -0.15) is 13.2 Å². The first kappa shape index (κ1) is 13.6. The Balaban J connectivity index is 2.43. The SMILES string of the molecule is CC1NC(=O)OC1c1cc(CF)cc(C(F)(F)F)c1. The van der Waals surface area contributed by atoms with Gasteiger partial charge < -0.3 is 10.1 Å². The van der Waals surface area contributed by atoms with E-state index in [1.165, 1.54) is 6.07 Å². The van der Waals surface area contributed by atoms with Gasteiger partial charge in [-0.3, -0.25) is 0 Å². The second-order valence-electron chi connectivity index (χ2n) is 4.35. The lowest BCUT2D eigenvalue weighted by atomic mass is 9.98. The number of carbonyl (C=O) groups excluding carboxylic acids is 1. The molecular formula is C12H11F4NO2. The second-order valence-corrected chi connectivity index (χ2v) is 4.35. The van der Waals surface area contributed by atoms with Crippen molar-refractivity contribution in [2.75, 3.05) is 0 Å². The van der Waals surface area contributed by atoms with E-state index in [1.54, 1.807) is 6.92 Å². The molecule has 1 aliphatic rings. The van der Waals surface area contributed by atoms with Crippen molar-refractivity contribution in [1.29, 1.82) is 0 Å². The van der Waals surface area contributed by atoms with Crippen LogP contribution in [0.5, 0.6) is 0 Å². The highest BCUT2D eigenvalue weighted by Gasteiger charge is 2.36. The Morgan fingerprint density at radius 3 is 2.47 bits per heavy atom. The van der Waals surface area contributed by atoms with Crippen molar-refractivity contribution in [1.82, 2.24) is 5.32 Å². The second kappa shape index (κ2) is 4.71. The van der Waals surface area contributed by atoms with Crippen molar-refractivity contribution < 1.29 is 27.1 Å². The number of benzene rings is 1. The molecular weight excluding hydrogens is 266 g/mol. The van der Waals surface area contributed by atoms with Crippen LogP contribution in [-0.4, -0.2) is 12.1 Å². The minimum Gasteiger partial charge on any atom is -0.439 e. The first-order valence-corrected chi connectivity index (χ1v) is 5.55. The summed E-state index contributed by atoms with van der Waals surface area (Å²) in [4.78, 5) is 11.0. The standard InChI is InChI=1S/C12H11F4NO2/c1-6-10(19-11(18)17-6)8-2-7(5-13)3-9(4-8)12(14,15)16/h2-4,6,10H,5H2,1H3,(H,17,18). The molecule has 0 aliphatic carbocycles. The van der Waals surface area contributed by atoms with Crippen molar-refractivity contribution in [2.45, 2.75) is 31.9 Å². The highest BCUT2D eigenvalue weighted by Crippen LogP contribution is 2.34. The summed E-state index contributed by atoms with van der Waals surface area (Å²) in [6.45, 7) is 0.588. The van der Waals surface area contributed by atoms with Gasteiger partial charge in [0.15, 0.2) is 0 Å². The molecule has 0 saturated carbocycles. The largest absolute Gasteiger partial charge is 0.439 e. The Hall–Kier alpha value is -1.79. The fourth-order valence-corrected chi connectivity index (χ4v) is 1.99. The number of halogens is 4. The van der Waals surface area contributed by atoms with E-state index in [0.29, 0.717) is 0 Å². The van der Waals surface area contributed by atoms with Crippen LogP contribution >= 0.6 is 0 Å². The van der Waals surface area contributed by atoms with Gasteiger partial charge in [0.2, 0.25) is 0 Å². The molecule has 0 bridgehead atoms. The van der Waals surface area contributed by atoms with E-state index in [1.807, 2.05) is 0 Å². The Labute approximate surface area is 106 Å². The van der Waals surface area contributed by atoms with Gasteiger partial charge in [-0.05, 0) is 36.2 Å². The third-order valence-corrected chi connectivity index (χ3v) is 2.86. The number of amides is 1. The van der Waals surface area contributed by atoms with Gasteiger partial charge in [0.1, 0.15) is 12.8 Å². The topological polar surface area (TPSA) is 38.3 Å². The number of hydrogen-bond donors (Lipinski definition) is 1. The number of ether oxygens (including phenoxy) is 1. The molecule has 1 heterocycles. The van der Waals surface area contributed by atoms with Gasteiger partial charge in [0.25, 0.3) is 0 Å². The predicted octanol–water partition coefficient (Wildman–Crippen LogP) is 3.34. The van der Waals surface area contributed by atoms with Crippen LogP contribution in [0.1, 0.15) is 29.7 Å². The van der Waals surface area contributed by atoms with Crippen LogP contribution in [0.25, 0.3) is 0 Å². The minimum absolute atomic E-state index is 0.0972. The Bertz CT molecular complexity index is 501. The van der Waals surface area contributed by atoms with E-state index in [0.717, 1.165) is 12.1 Å². The summed E-state index contributed by atoms with van der Waals surface area (Å²) in [6, 6.07) is 2.43. The molecule has 2 rings (SSSR count). The van der Waals surface area contributed by atoms with E-state index in [4.69, 9.17) is 4.74 Å². The molecule has 2 atom stereocenters. The molecule has 104 valence electrons. The van der Waals surface area contributed by atoms with Crippen LogP contribution in [0.2, 0.25) is 0 Å². The summed E-state index contributed by atoms with van der Waals surface area (Å²) in [7, 11) is 0. The predicted molar refractivity (Wildman–Crippen MR) is 58.1 cm³/mol. The summed E-state index contributed by atoms with van der Waals surface area (Å²) < 4.78 is 55.6.